The summed E-state index contributed by atoms with van der Waals surface area (Å²) in [5, 5.41) is 20.7. The van der Waals surface area contributed by atoms with Gasteiger partial charge in [-0.2, -0.15) is 0 Å². The van der Waals surface area contributed by atoms with E-state index < -0.39 is 16.9 Å². The summed E-state index contributed by atoms with van der Waals surface area (Å²) in [6.45, 7) is 5.54. The standard InChI is InChI=1S/C22H16N4O5S/c1-10-7-15-16(8-11(10)2)31-20-17(19(15)27)18(13-5-4-6-14(9-13)26(29)30)25(21(20)28)22-24-23-12(3)32-22/h4-9,18H,1-3H3. The number of hydrogen-bond donors (Lipinski definition) is 0. The Morgan fingerprint density at radius 3 is 2.53 bits per heavy atom. The lowest BCUT2D eigenvalue weighted by molar-refractivity contribution is -0.384. The van der Waals surface area contributed by atoms with Gasteiger partial charge < -0.3 is 4.42 Å². The molecule has 1 unspecified atom stereocenters. The van der Waals surface area contributed by atoms with Gasteiger partial charge in [0.1, 0.15) is 10.6 Å². The minimum atomic E-state index is -0.924. The van der Waals surface area contributed by atoms with E-state index >= 15 is 0 Å². The number of anilines is 1. The van der Waals surface area contributed by atoms with Crippen LogP contribution < -0.4 is 10.3 Å². The average Bonchev–Trinajstić information content (AvgIpc) is 3.31. The number of carbonyl (C=O) groups is 1. The zero-order chi connectivity index (χ0) is 22.7. The third-order valence-corrected chi connectivity index (χ3v) is 6.44. The number of aryl methyl sites for hydroxylation is 3. The molecule has 0 aliphatic carbocycles. The Morgan fingerprint density at radius 2 is 1.84 bits per heavy atom. The van der Waals surface area contributed by atoms with Gasteiger partial charge in [0.05, 0.1) is 21.9 Å². The number of nitrogens with zero attached hydrogens (tertiary/aromatic N) is 4. The summed E-state index contributed by atoms with van der Waals surface area (Å²) in [7, 11) is 0. The highest BCUT2D eigenvalue weighted by molar-refractivity contribution is 7.15. The van der Waals surface area contributed by atoms with Crippen molar-refractivity contribution in [2.24, 2.45) is 0 Å². The molecule has 0 spiro atoms. The first-order valence-corrected chi connectivity index (χ1v) is 10.5. The van der Waals surface area contributed by atoms with Crippen molar-refractivity contribution < 1.29 is 14.1 Å². The predicted octanol–water partition coefficient (Wildman–Crippen LogP) is 4.23. The number of nitro groups is 1. The molecule has 3 heterocycles. The topological polar surface area (TPSA) is 119 Å². The van der Waals surface area contributed by atoms with Crippen LogP contribution in [0.1, 0.15) is 43.9 Å². The molecular weight excluding hydrogens is 432 g/mol. The molecule has 0 bridgehead atoms. The van der Waals surface area contributed by atoms with Crippen molar-refractivity contribution in [3.8, 4) is 0 Å². The zero-order valence-electron chi connectivity index (χ0n) is 17.3. The van der Waals surface area contributed by atoms with Gasteiger partial charge in [-0.3, -0.25) is 24.6 Å². The molecule has 5 rings (SSSR count). The predicted molar refractivity (Wildman–Crippen MR) is 118 cm³/mol. The molecule has 1 amide bonds. The van der Waals surface area contributed by atoms with E-state index in [0.717, 1.165) is 11.1 Å². The second-order valence-electron chi connectivity index (χ2n) is 7.64. The van der Waals surface area contributed by atoms with Gasteiger partial charge >= 0.3 is 0 Å². The molecule has 0 saturated heterocycles. The van der Waals surface area contributed by atoms with Gasteiger partial charge in [0, 0.05) is 12.1 Å². The van der Waals surface area contributed by atoms with Crippen molar-refractivity contribution in [2.45, 2.75) is 26.8 Å². The van der Waals surface area contributed by atoms with Crippen molar-refractivity contribution in [3.05, 3.63) is 89.8 Å². The summed E-state index contributed by atoms with van der Waals surface area (Å²) >= 11 is 1.19. The van der Waals surface area contributed by atoms with E-state index in [1.165, 1.54) is 34.4 Å². The molecule has 0 saturated carbocycles. The summed E-state index contributed by atoms with van der Waals surface area (Å²) in [5.74, 6) is -0.625. The third kappa shape index (κ3) is 2.91. The van der Waals surface area contributed by atoms with Crippen molar-refractivity contribution in [1.82, 2.24) is 10.2 Å². The van der Waals surface area contributed by atoms with Crippen LogP contribution in [0.25, 0.3) is 11.0 Å². The number of fused-ring (bicyclic) bond motifs is 2. The zero-order valence-corrected chi connectivity index (χ0v) is 18.1. The van der Waals surface area contributed by atoms with Gasteiger partial charge in [-0.25, -0.2) is 0 Å². The number of rotatable bonds is 3. The van der Waals surface area contributed by atoms with Crippen molar-refractivity contribution in [3.63, 3.8) is 0 Å². The van der Waals surface area contributed by atoms with E-state index in [2.05, 4.69) is 10.2 Å². The fraction of sp³-hybridized carbons (Fsp3) is 0.182. The summed E-state index contributed by atoms with van der Waals surface area (Å²) in [6, 6.07) is 8.43. The molecule has 10 heteroatoms. The van der Waals surface area contributed by atoms with Gasteiger partial charge in [0.2, 0.25) is 10.9 Å². The Kier molecular flexibility index (Phi) is 4.41. The maximum Gasteiger partial charge on any atom is 0.297 e. The third-order valence-electron chi connectivity index (χ3n) is 5.60. The van der Waals surface area contributed by atoms with Crippen LogP contribution in [0, 0.1) is 30.9 Å². The number of amides is 1. The maximum absolute atomic E-state index is 13.6. The molecule has 1 aliphatic rings. The average molecular weight is 448 g/mol. The van der Waals surface area contributed by atoms with Crippen LogP contribution >= 0.6 is 11.3 Å². The minimum absolute atomic E-state index is 0.0879. The Morgan fingerprint density at radius 1 is 1.09 bits per heavy atom. The monoisotopic (exact) mass is 448 g/mol. The van der Waals surface area contributed by atoms with E-state index in [1.54, 1.807) is 25.1 Å². The first-order chi connectivity index (χ1) is 15.3. The summed E-state index contributed by atoms with van der Waals surface area (Å²) in [4.78, 5) is 39.2. The van der Waals surface area contributed by atoms with Gasteiger partial charge in [-0.15, -0.1) is 10.2 Å². The number of carbonyl (C=O) groups excluding carboxylic acids is 1. The molecule has 0 fully saturated rings. The molecule has 9 nitrogen and oxygen atoms in total. The molecule has 1 aliphatic heterocycles. The van der Waals surface area contributed by atoms with Crippen LogP contribution in [0.15, 0.2) is 45.6 Å². The second kappa shape index (κ2) is 7.06. The van der Waals surface area contributed by atoms with Crippen molar-refractivity contribution >= 4 is 39.0 Å². The van der Waals surface area contributed by atoms with Crippen LogP contribution in [0.5, 0.6) is 0 Å². The van der Waals surface area contributed by atoms with Gasteiger partial charge in [-0.05, 0) is 49.6 Å². The molecule has 2 aromatic carbocycles. The molecule has 2 aromatic heterocycles. The highest BCUT2D eigenvalue weighted by Gasteiger charge is 2.45. The SMILES string of the molecule is Cc1nnc(N2C(=O)c3oc4cc(C)c(C)cc4c(=O)c3C2c2cccc([N+](=O)[O-])c2)s1. The Balaban J connectivity index is 1.83. The minimum Gasteiger partial charge on any atom is -0.450 e. The number of non-ortho nitro benzene ring substituents is 1. The summed E-state index contributed by atoms with van der Waals surface area (Å²) < 4.78 is 5.95. The fourth-order valence-corrected chi connectivity index (χ4v) is 4.65. The Labute approximate surface area is 185 Å². The van der Waals surface area contributed by atoms with Crippen LogP contribution in [0.4, 0.5) is 10.8 Å². The number of aromatic nitrogens is 2. The largest absolute Gasteiger partial charge is 0.450 e. The highest BCUT2D eigenvalue weighted by Crippen LogP contribution is 2.42. The number of hydrogen-bond acceptors (Lipinski definition) is 8. The van der Waals surface area contributed by atoms with E-state index in [-0.39, 0.29) is 27.6 Å². The molecule has 1 atom stereocenters. The number of nitro benzene ring substituents is 1. The maximum atomic E-state index is 13.6. The van der Waals surface area contributed by atoms with Crippen LogP contribution in [-0.4, -0.2) is 21.0 Å². The summed E-state index contributed by atoms with van der Waals surface area (Å²) in [6.07, 6.45) is 0. The molecule has 32 heavy (non-hydrogen) atoms. The summed E-state index contributed by atoms with van der Waals surface area (Å²) in [5.41, 5.74) is 2.22. The second-order valence-corrected chi connectivity index (χ2v) is 8.80. The fourth-order valence-electron chi connectivity index (χ4n) is 3.93. The Hall–Kier alpha value is -3.92. The molecule has 160 valence electrons. The van der Waals surface area contributed by atoms with E-state index in [4.69, 9.17) is 4.42 Å². The van der Waals surface area contributed by atoms with Gasteiger partial charge in [-0.1, -0.05) is 23.5 Å². The highest BCUT2D eigenvalue weighted by atomic mass is 32.1. The molecule has 0 radical (unpaired) electrons. The lowest BCUT2D eigenvalue weighted by Gasteiger charge is -2.21. The lowest BCUT2D eigenvalue weighted by Crippen LogP contribution is -2.29. The lowest BCUT2D eigenvalue weighted by atomic mass is 9.97. The Bertz CT molecular complexity index is 1510. The first kappa shape index (κ1) is 20.0. The van der Waals surface area contributed by atoms with Crippen LogP contribution in [0.2, 0.25) is 0 Å². The van der Waals surface area contributed by atoms with Crippen molar-refractivity contribution in [1.29, 1.82) is 0 Å². The van der Waals surface area contributed by atoms with Gasteiger partial charge in [0.25, 0.3) is 11.6 Å². The first-order valence-electron chi connectivity index (χ1n) is 9.72. The molecular formula is C22H16N4O5S. The van der Waals surface area contributed by atoms with E-state index in [1.807, 2.05) is 13.8 Å². The molecule has 0 N–H and O–H groups in total. The quantitative estimate of drug-likeness (QED) is 0.340. The molecule has 4 aromatic rings. The van der Waals surface area contributed by atoms with Crippen molar-refractivity contribution in [2.75, 3.05) is 4.90 Å². The smallest absolute Gasteiger partial charge is 0.297 e. The van der Waals surface area contributed by atoms with Gasteiger partial charge in [0.15, 0.2) is 5.43 Å². The normalized spacial score (nSPS) is 15.4. The van der Waals surface area contributed by atoms with E-state index in [0.29, 0.717) is 21.5 Å². The number of benzene rings is 2. The van der Waals surface area contributed by atoms with Crippen LogP contribution in [-0.2, 0) is 0 Å². The van der Waals surface area contributed by atoms with Crippen LogP contribution in [0.3, 0.4) is 0 Å². The van der Waals surface area contributed by atoms with E-state index in [9.17, 15) is 19.7 Å².